The van der Waals surface area contributed by atoms with Gasteiger partial charge in [0.2, 0.25) is 5.91 Å². The maximum Gasteiger partial charge on any atom is 0.330 e. The van der Waals surface area contributed by atoms with Crippen LogP contribution in [0.15, 0.2) is 40.1 Å². The van der Waals surface area contributed by atoms with Crippen molar-refractivity contribution >= 4 is 30.2 Å². The lowest BCUT2D eigenvalue weighted by Gasteiger charge is -2.33. The zero-order chi connectivity index (χ0) is 27.1. The van der Waals surface area contributed by atoms with Gasteiger partial charge in [-0.05, 0) is 51.2 Å². The first-order valence-electron chi connectivity index (χ1n) is 11.3. The molecule has 11 heteroatoms. The molecule has 196 valence electrons. The Labute approximate surface area is 207 Å². The van der Waals surface area contributed by atoms with Crippen LogP contribution in [0.25, 0.3) is 0 Å². The molecule has 0 radical (unpaired) electrons. The van der Waals surface area contributed by atoms with Gasteiger partial charge in [0.1, 0.15) is 11.5 Å². The molecule has 2 unspecified atom stereocenters. The van der Waals surface area contributed by atoms with E-state index in [1.165, 1.54) is 37.2 Å². The highest BCUT2D eigenvalue weighted by atomic mass is 19.1. The molecule has 1 aromatic carbocycles. The molecule has 35 heavy (non-hydrogen) atoms. The third-order valence-corrected chi connectivity index (χ3v) is 4.84. The van der Waals surface area contributed by atoms with E-state index in [1.807, 2.05) is 20.8 Å². The van der Waals surface area contributed by atoms with Crippen molar-refractivity contribution in [2.24, 2.45) is 21.5 Å². The number of nitrogens with two attached hydrogens (primary N) is 2. The molecule has 10 nitrogen and oxygen atoms in total. The molecule has 0 spiro atoms. The summed E-state index contributed by atoms with van der Waals surface area (Å²) >= 11 is 0. The molecular formula is C24H39FN6O4. The molecule has 2 saturated heterocycles. The SMILES string of the molecule is C=N/C=C1\C(=Nc2cc(F)ccc2C)N(C2CCC(CO)OC2)C(=O)N1C.CC.CC(N)=O.CN. The third kappa shape index (κ3) is 9.19. The van der Waals surface area contributed by atoms with Crippen LogP contribution in [0.5, 0.6) is 0 Å². The lowest BCUT2D eigenvalue weighted by atomic mass is 10.0. The number of primary amides is 1. The first-order chi connectivity index (χ1) is 16.7. The Morgan fingerprint density at radius 1 is 1.34 bits per heavy atom. The van der Waals surface area contributed by atoms with E-state index in [4.69, 9.17) is 4.74 Å². The summed E-state index contributed by atoms with van der Waals surface area (Å²) in [5, 5.41) is 9.25. The van der Waals surface area contributed by atoms with Gasteiger partial charge in [-0.25, -0.2) is 14.2 Å². The molecule has 0 aliphatic carbocycles. The van der Waals surface area contributed by atoms with E-state index in [0.29, 0.717) is 36.7 Å². The van der Waals surface area contributed by atoms with Crippen LogP contribution in [0.2, 0.25) is 0 Å². The smallest absolute Gasteiger partial charge is 0.330 e. The first kappa shape index (κ1) is 31.9. The normalized spacial score (nSPS) is 21.3. The average Bonchev–Trinajstić information content (AvgIpc) is 3.08. The number of hydrogen-bond donors (Lipinski definition) is 3. The second kappa shape index (κ2) is 16.5. The number of hydrogen-bond acceptors (Lipinski definition) is 7. The number of halogens is 1. The zero-order valence-corrected chi connectivity index (χ0v) is 21.5. The van der Waals surface area contributed by atoms with E-state index < -0.39 is 5.82 Å². The number of rotatable bonds is 4. The van der Waals surface area contributed by atoms with E-state index in [0.717, 1.165) is 5.56 Å². The second-order valence-corrected chi connectivity index (χ2v) is 7.25. The molecule has 2 fully saturated rings. The third-order valence-electron chi connectivity index (χ3n) is 4.84. The summed E-state index contributed by atoms with van der Waals surface area (Å²) in [6.07, 6.45) is 2.55. The lowest BCUT2D eigenvalue weighted by Crippen LogP contribution is -2.47. The number of amides is 3. The summed E-state index contributed by atoms with van der Waals surface area (Å²) in [6.45, 7) is 10.8. The van der Waals surface area contributed by atoms with Crippen LogP contribution in [-0.4, -0.2) is 78.9 Å². The summed E-state index contributed by atoms with van der Waals surface area (Å²) in [5.41, 5.74) is 10.7. The largest absolute Gasteiger partial charge is 0.394 e. The standard InChI is InChI=1S/C19H23FN4O3.C2H5NO.C2H6.CH5N/c1-12-4-5-13(20)8-16(12)22-18-17(9-21-2)23(3)19(26)24(18)14-6-7-15(10-25)27-11-14;1-2(3)4;2*1-2/h4-5,8-9,14-15,25H,2,6-7,10-11H2,1,3H3;1H3,(H2,3,4);1-2H3;2H2,1H3/b17-9+,22-18?;;;. The Morgan fingerprint density at radius 2 is 1.94 bits per heavy atom. The number of aliphatic imine (C=N–C) groups is 2. The van der Waals surface area contributed by atoms with Crippen LogP contribution in [0, 0.1) is 12.7 Å². The number of carbonyl (C=O) groups excluding carboxylic acids is 2. The van der Waals surface area contributed by atoms with Gasteiger partial charge in [-0.2, -0.15) is 0 Å². The number of nitrogens with zero attached hydrogens (tertiary/aromatic N) is 4. The summed E-state index contributed by atoms with van der Waals surface area (Å²) in [6, 6.07) is 3.86. The predicted octanol–water partition coefficient (Wildman–Crippen LogP) is 2.71. The fourth-order valence-corrected chi connectivity index (χ4v) is 3.26. The topological polar surface area (TPSA) is 147 Å². The fraction of sp³-hybridized carbons (Fsp3) is 0.500. The second-order valence-electron chi connectivity index (χ2n) is 7.25. The monoisotopic (exact) mass is 494 g/mol. The molecule has 0 aromatic heterocycles. The Morgan fingerprint density at radius 3 is 2.43 bits per heavy atom. The molecule has 5 N–H and O–H groups in total. The highest BCUT2D eigenvalue weighted by molar-refractivity contribution is 6.15. The lowest BCUT2D eigenvalue weighted by molar-refractivity contribution is -0.115. The van der Waals surface area contributed by atoms with Crippen molar-refractivity contribution in [2.75, 3.05) is 27.3 Å². The van der Waals surface area contributed by atoms with E-state index in [9.17, 15) is 19.1 Å². The Balaban J connectivity index is 0.00000129. The van der Waals surface area contributed by atoms with Gasteiger partial charge in [0.25, 0.3) is 0 Å². The predicted molar refractivity (Wildman–Crippen MR) is 137 cm³/mol. The number of benzene rings is 1. The van der Waals surface area contributed by atoms with Gasteiger partial charge < -0.3 is 21.3 Å². The van der Waals surface area contributed by atoms with Crippen LogP contribution < -0.4 is 11.5 Å². The maximum absolute atomic E-state index is 13.7. The molecule has 3 amide bonds. The summed E-state index contributed by atoms with van der Waals surface area (Å²) in [4.78, 5) is 33.5. The van der Waals surface area contributed by atoms with Gasteiger partial charge >= 0.3 is 6.03 Å². The molecule has 0 saturated carbocycles. The van der Waals surface area contributed by atoms with Gasteiger partial charge in [-0.1, -0.05) is 19.9 Å². The van der Waals surface area contributed by atoms with Crippen molar-refractivity contribution in [1.29, 1.82) is 0 Å². The van der Waals surface area contributed by atoms with Gasteiger partial charge in [0, 0.05) is 14.0 Å². The number of aliphatic hydroxyl groups is 1. The molecular weight excluding hydrogens is 455 g/mol. The van der Waals surface area contributed by atoms with Crippen LogP contribution in [-0.2, 0) is 9.53 Å². The van der Waals surface area contributed by atoms with Gasteiger partial charge in [-0.3, -0.25) is 19.6 Å². The minimum absolute atomic E-state index is 0.0461. The van der Waals surface area contributed by atoms with Crippen molar-refractivity contribution in [3.05, 3.63) is 41.5 Å². The summed E-state index contributed by atoms with van der Waals surface area (Å²) < 4.78 is 19.3. The summed E-state index contributed by atoms with van der Waals surface area (Å²) in [7, 11) is 3.13. The zero-order valence-electron chi connectivity index (χ0n) is 21.5. The molecule has 0 bridgehead atoms. The van der Waals surface area contributed by atoms with Crippen LogP contribution in [0.1, 0.15) is 39.2 Å². The van der Waals surface area contributed by atoms with E-state index in [-0.39, 0.29) is 30.7 Å². The van der Waals surface area contributed by atoms with E-state index >= 15 is 0 Å². The average molecular weight is 495 g/mol. The molecule has 2 aliphatic heterocycles. The Hall–Kier alpha value is -3.15. The number of aliphatic hydroxyl groups excluding tert-OH is 1. The van der Waals surface area contributed by atoms with Gasteiger partial charge in [-0.15, -0.1) is 0 Å². The number of aryl methyl sites for hydroxylation is 1. The van der Waals surface area contributed by atoms with Crippen molar-refractivity contribution in [2.45, 2.75) is 52.7 Å². The molecule has 2 atom stereocenters. The maximum atomic E-state index is 13.7. The first-order valence-corrected chi connectivity index (χ1v) is 11.3. The van der Waals surface area contributed by atoms with Crippen molar-refractivity contribution in [1.82, 2.24) is 9.80 Å². The molecule has 1 aromatic rings. The van der Waals surface area contributed by atoms with Gasteiger partial charge in [0.05, 0.1) is 37.2 Å². The van der Waals surface area contributed by atoms with Crippen LogP contribution >= 0.6 is 0 Å². The fourth-order valence-electron chi connectivity index (χ4n) is 3.26. The quantitative estimate of drug-likeness (QED) is 0.551. The number of amidine groups is 1. The van der Waals surface area contributed by atoms with Crippen molar-refractivity contribution in [3.63, 3.8) is 0 Å². The summed E-state index contributed by atoms with van der Waals surface area (Å²) in [5.74, 6) is -0.344. The number of likely N-dealkylation sites (N-methyl/N-ethyl adjacent to an activating group) is 1. The van der Waals surface area contributed by atoms with Crippen molar-refractivity contribution < 1.29 is 23.8 Å². The Bertz CT molecular complexity index is 894. The highest BCUT2D eigenvalue weighted by Crippen LogP contribution is 2.31. The molecule has 2 aliphatic rings. The van der Waals surface area contributed by atoms with Gasteiger partial charge in [0.15, 0.2) is 5.84 Å². The number of urea groups is 1. The number of carbonyl (C=O) groups is 2. The Kier molecular flexibility index (Phi) is 15.0. The minimum Gasteiger partial charge on any atom is -0.394 e. The molecule has 2 heterocycles. The molecule has 3 rings (SSSR count). The van der Waals surface area contributed by atoms with Crippen LogP contribution in [0.3, 0.4) is 0 Å². The van der Waals surface area contributed by atoms with Crippen molar-refractivity contribution in [3.8, 4) is 0 Å². The van der Waals surface area contributed by atoms with Crippen LogP contribution in [0.4, 0.5) is 14.9 Å². The van der Waals surface area contributed by atoms with E-state index in [1.54, 1.807) is 18.0 Å². The van der Waals surface area contributed by atoms with E-state index in [2.05, 4.69) is 28.2 Å². The minimum atomic E-state index is -0.400. The highest BCUT2D eigenvalue weighted by Gasteiger charge is 2.42. The number of ether oxygens (including phenoxy) is 1.